The Morgan fingerprint density at radius 1 is 1.14 bits per heavy atom. The van der Waals surface area contributed by atoms with E-state index in [4.69, 9.17) is 0 Å². The van der Waals surface area contributed by atoms with Crippen molar-refractivity contribution < 1.29 is 13.2 Å². The van der Waals surface area contributed by atoms with Crippen LogP contribution in [0.15, 0.2) is 36.7 Å². The Morgan fingerprint density at radius 2 is 1.81 bits per heavy atom. The summed E-state index contributed by atoms with van der Waals surface area (Å²) in [5, 5.41) is 0. The molecule has 3 nitrogen and oxygen atoms in total. The second kappa shape index (κ2) is 6.30. The van der Waals surface area contributed by atoms with Crippen molar-refractivity contribution in [1.82, 2.24) is 14.5 Å². The molecule has 6 heteroatoms. The van der Waals surface area contributed by atoms with Gasteiger partial charge in [0, 0.05) is 18.9 Å². The standard InChI is InChI=1S/C15H18F3N3/c1-12-3-5-13(6-4-12)9-20(2)10-14-19-7-8-21(14)11-15(16,17)18/h3-8H,9-11H2,1-2H3. The van der Waals surface area contributed by atoms with Crippen LogP contribution in [-0.4, -0.2) is 27.7 Å². The first kappa shape index (κ1) is 15.6. The molecular formula is C15H18F3N3. The zero-order valence-electron chi connectivity index (χ0n) is 12.1. The zero-order chi connectivity index (χ0) is 15.5. The van der Waals surface area contributed by atoms with Gasteiger partial charge in [-0.05, 0) is 19.5 Å². The smallest absolute Gasteiger partial charge is 0.325 e. The molecule has 2 aromatic rings. The van der Waals surface area contributed by atoms with Crippen LogP contribution in [0.25, 0.3) is 0 Å². The molecule has 0 spiro atoms. The molecule has 0 amide bonds. The van der Waals surface area contributed by atoms with Crippen molar-refractivity contribution >= 4 is 0 Å². The summed E-state index contributed by atoms with van der Waals surface area (Å²) in [6.45, 7) is 2.05. The second-order valence-electron chi connectivity index (χ2n) is 5.24. The first-order chi connectivity index (χ1) is 9.83. The molecule has 1 aromatic heterocycles. The molecule has 0 saturated heterocycles. The Balaban J connectivity index is 1.98. The first-order valence-electron chi connectivity index (χ1n) is 6.64. The van der Waals surface area contributed by atoms with E-state index in [-0.39, 0.29) is 0 Å². The second-order valence-corrected chi connectivity index (χ2v) is 5.24. The monoisotopic (exact) mass is 297 g/mol. The van der Waals surface area contributed by atoms with Crippen LogP contribution in [-0.2, 0) is 19.6 Å². The highest BCUT2D eigenvalue weighted by Crippen LogP contribution is 2.19. The number of hydrogen-bond acceptors (Lipinski definition) is 2. The lowest BCUT2D eigenvalue weighted by atomic mass is 10.1. The fraction of sp³-hybridized carbons (Fsp3) is 0.400. The summed E-state index contributed by atoms with van der Waals surface area (Å²) in [6.07, 6.45) is -1.46. The molecule has 1 aromatic carbocycles. The predicted molar refractivity (Wildman–Crippen MR) is 74.6 cm³/mol. The number of aryl methyl sites for hydroxylation is 1. The van der Waals surface area contributed by atoms with Crippen LogP contribution in [0.2, 0.25) is 0 Å². The maximum absolute atomic E-state index is 12.5. The Hall–Kier alpha value is -1.82. The van der Waals surface area contributed by atoms with E-state index in [1.165, 1.54) is 18.0 Å². The number of benzene rings is 1. The molecule has 2 rings (SSSR count). The quantitative estimate of drug-likeness (QED) is 0.843. The lowest BCUT2D eigenvalue weighted by Crippen LogP contribution is -2.23. The van der Waals surface area contributed by atoms with Crippen LogP contribution in [0.5, 0.6) is 0 Å². The molecule has 0 aliphatic rings. The lowest BCUT2D eigenvalue weighted by molar-refractivity contribution is -0.141. The van der Waals surface area contributed by atoms with E-state index in [9.17, 15) is 13.2 Å². The fourth-order valence-electron chi connectivity index (χ4n) is 2.13. The van der Waals surface area contributed by atoms with Crippen molar-refractivity contribution in [3.05, 3.63) is 53.6 Å². The number of nitrogens with zero attached hydrogens (tertiary/aromatic N) is 3. The SMILES string of the molecule is Cc1ccc(CN(C)Cc2nccn2CC(F)(F)F)cc1. The number of rotatable bonds is 5. The average Bonchev–Trinajstić information content (AvgIpc) is 2.77. The average molecular weight is 297 g/mol. The number of aromatic nitrogens is 2. The van der Waals surface area contributed by atoms with Crippen molar-refractivity contribution in [3.8, 4) is 0 Å². The largest absolute Gasteiger partial charge is 0.406 e. The van der Waals surface area contributed by atoms with Crippen molar-refractivity contribution in [2.45, 2.75) is 32.7 Å². The van der Waals surface area contributed by atoms with E-state index in [0.717, 1.165) is 10.1 Å². The van der Waals surface area contributed by atoms with E-state index in [0.29, 0.717) is 18.9 Å². The third-order valence-corrected chi connectivity index (χ3v) is 3.14. The predicted octanol–water partition coefficient (Wildman–Crippen LogP) is 3.39. The van der Waals surface area contributed by atoms with E-state index >= 15 is 0 Å². The number of hydrogen-bond donors (Lipinski definition) is 0. The van der Waals surface area contributed by atoms with Crippen molar-refractivity contribution in [1.29, 1.82) is 0 Å². The summed E-state index contributed by atoms with van der Waals surface area (Å²) in [5.41, 5.74) is 2.30. The van der Waals surface area contributed by atoms with E-state index in [1.807, 2.05) is 43.1 Å². The highest BCUT2D eigenvalue weighted by Gasteiger charge is 2.28. The van der Waals surface area contributed by atoms with Crippen LogP contribution >= 0.6 is 0 Å². The number of alkyl halides is 3. The van der Waals surface area contributed by atoms with Crippen LogP contribution in [0.3, 0.4) is 0 Å². The molecule has 0 N–H and O–H groups in total. The van der Waals surface area contributed by atoms with Gasteiger partial charge in [0.2, 0.25) is 0 Å². The molecule has 0 atom stereocenters. The number of halogens is 3. The molecule has 0 unspecified atom stereocenters. The van der Waals surface area contributed by atoms with Gasteiger partial charge in [0.05, 0.1) is 6.54 Å². The summed E-state index contributed by atoms with van der Waals surface area (Å²) in [7, 11) is 1.87. The third kappa shape index (κ3) is 4.90. The van der Waals surface area contributed by atoms with Gasteiger partial charge in [-0.1, -0.05) is 29.8 Å². The van der Waals surface area contributed by atoms with Gasteiger partial charge in [-0.2, -0.15) is 13.2 Å². The first-order valence-corrected chi connectivity index (χ1v) is 6.64. The van der Waals surface area contributed by atoms with Crippen LogP contribution < -0.4 is 0 Å². The molecule has 114 valence electrons. The lowest BCUT2D eigenvalue weighted by Gasteiger charge is -2.18. The zero-order valence-corrected chi connectivity index (χ0v) is 12.1. The van der Waals surface area contributed by atoms with Crippen LogP contribution in [0, 0.1) is 6.92 Å². The van der Waals surface area contributed by atoms with Gasteiger partial charge in [0.1, 0.15) is 12.4 Å². The van der Waals surface area contributed by atoms with Crippen molar-refractivity contribution in [3.63, 3.8) is 0 Å². The van der Waals surface area contributed by atoms with E-state index < -0.39 is 12.7 Å². The Labute approximate surface area is 122 Å². The summed E-state index contributed by atoms with van der Waals surface area (Å²) in [6, 6.07) is 8.09. The van der Waals surface area contributed by atoms with Crippen molar-refractivity contribution in [2.75, 3.05) is 7.05 Å². The molecule has 0 radical (unpaired) electrons. The molecule has 0 bridgehead atoms. The summed E-state index contributed by atoms with van der Waals surface area (Å²) < 4.78 is 38.5. The topological polar surface area (TPSA) is 21.1 Å². The molecule has 0 aliphatic heterocycles. The Kier molecular flexibility index (Phi) is 4.67. The highest BCUT2D eigenvalue weighted by atomic mass is 19.4. The number of imidazole rings is 1. The Bertz CT molecular complexity index is 573. The fourth-order valence-corrected chi connectivity index (χ4v) is 2.13. The van der Waals surface area contributed by atoms with Gasteiger partial charge < -0.3 is 4.57 Å². The maximum Gasteiger partial charge on any atom is 0.406 e. The van der Waals surface area contributed by atoms with Gasteiger partial charge in [-0.15, -0.1) is 0 Å². The van der Waals surface area contributed by atoms with E-state index in [1.54, 1.807) is 0 Å². The molecular weight excluding hydrogens is 279 g/mol. The Morgan fingerprint density at radius 3 is 2.43 bits per heavy atom. The maximum atomic E-state index is 12.5. The van der Waals surface area contributed by atoms with Crippen LogP contribution in [0.1, 0.15) is 17.0 Å². The molecule has 0 aliphatic carbocycles. The molecule has 0 saturated carbocycles. The minimum absolute atomic E-state index is 0.372. The van der Waals surface area contributed by atoms with Gasteiger partial charge in [0.15, 0.2) is 0 Å². The van der Waals surface area contributed by atoms with Gasteiger partial charge in [-0.3, -0.25) is 4.90 Å². The minimum atomic E-state index is -4.23. The van der Waals surface area contributed by atoms with Gasteiger partial charge in [0.25, 0.3) is 0 Å². The summed E-state index contributed by atoms with van der Waals surface area (Å²) >= 11 is 0. The molecule has 0 fully saturated rings. The van der Waals surface area contributed by atoms with Crippen LogP contribution in [0.4, 0.5) is 13.2 Å². The summed E-state index contributed by atoms with van der Waals surface area (Å²) in [5.74, 6) is 0.418. The van der Waals surface area contributed by atoms with Crippen molar-refractivity contribution in [2.24, 2.45) is 0 Å². The van der Waals surface area contributed by atoms with E-state index in [2.05, 4.69) is 4.98 Å². The molecule has 21 heavy (non-hydrogen) atoms. The molecule has 1 heterocycles. The highest BCUT2D eigenvalue weighted by molar-refractivity contribution is 5.21. The van der Waals surface area contributed by atoms with Gasteiger partial charge >= 0.3 is 6.18 Å². The minimum Gasteiger partial charge on any atom is -0.325 e. The van der Waals surface area contributed by atoms with Gasteiger partial charge in [-0.25, -0.2) is 4.98 Å². The normalized spacial score (nSPS) is 12.1. The third-order valence-electron chi connectivity index (χ3n) is 3.14. The summed E-state index contributed by atoms with van der Waals surface area (Å²) in [4.78, 5) is 5.96.